The van der Waals surface area contributed by atoms with E-state index in [1.807, 2.05) is 5.38 Å². The zero-order valence-electron chi connectivity index (χ0n) is 10.8. The number of carbonyl (C=O) groups is 2. The molecule has 2 rings (SSSR count). The number of aromatic carboxylic acids is 1. The molecule has 0 spiro atoms. The van der Waals surface area contributed by atoms with Gasteiger partial charge in [0, 0.05) is 22.8 Å². The number of amides is 2. The molecule has 1 heterocycles. The normalized spacial score (nSPS) is 10.1. The van der Waals surface area contributed by atoms with E-state index in [0.717, 1.165) is 5.69 Å². The molecule has 110 valence electrons. The van der Waals surface area contributed by atoms with E-state index in [4.69, 9.17) is 5.11 Å². The molecule has 2 amide bonds. The van der Waals surface area contributed by atoms with Crippen LogP contribution >= 0.6 is 27.3 Å². The summed E-state index contributed by atoms with van der Waals surface area (Å²) in [6.07, 6.45) is 0.624. The minimum absolute atomic E-state index is 0.0269. The van der Waals surface area contributed by atoms with Crippen LogP contribution in [0.1, 0.15) is 16.1 Å². The van der Waals surface area contributed by atoms with Crippen molar-refractivity contribution in [2.75, 3.05) is 11.9 Å². The van der Waals surface area contributed by atoms with E-state index in [-0.39, 0.29) is 11.3 Å². The van der Waals surface area contributed by atoms with Gasteiger partial charge in [-0.2, -0.15) is 0 Å². The molecule has 1 aromatic carbocycles. The summed E-state index contributed by atoms with van der Waals surface area (Å²) in [5, 5.41) is 16.2. The van der Waals surface area contributed by atoms with Crippen molar-refractivity contribution in [2.45, 2.75) is 6.42 Å². The monoisotopic (exact) mass is 369 g/mol. The first kappa shape index (κ1) is 15.5. The summed E-state index contributed by atoms with van der Waals surface area (Å²) in [6, 6.07) is 4.23. The van der Waals surface area contributed by atoms with Crippen LogP contribution in [-0.4, -0.2) is 28.6 Å². The van der Waals surface area contributed by atoms with Gasteiger partial charge in [0.05, 0.1) is 22.5 Å². The lowest BCUT2D eigenvalue weighted by molar-refractivity contribution is 0.0698. The van der Waals surface area contributed by atoms with Crippen molar-refractivity contribution in [2.24, 2.45) is 0 Å². The van der Waals surface area contributed by atoms with Gasteiger partial charge in [0.1, 0.15) is 0 Å². The fraction of sp³-hybridized carbons (Fsp3) is 0.154. The number of benzene rings is 1. The summed E-state index contributed by atoms with van der Waals surface area (Å²) in [5.41, 5.74) is 2.90. The number of carboxylic acid groups (broad SMARTS) is 1. The Labute approximate surface area is 133 Å². The fourth-order valence-corrected chi connectivity index (χ4v) is 2.71. The highest BCUT2D eigenvalue weighted by molar-refractivity contribution is 9.10. The lowest BCUT2D eigenvalue weighted by Gasteiger charge is -2.11. The Morgan fingerprint density at radius 3 is 2.86 bits per heavy atom. The molecule has 0 saturated carbocycles. The van der Waals surface area contributed by atoms with Crippen molar-refractivity contribution in [1.82, 2.24) is 10.3 Å². The number of nitrogens with one attached hydrogen (secondary N) is 2. The van der Waals surface area contributed by atoms with Crippen LogP contribution in [0.2, 0.25) is 0 Å². The molecule has 1 aromatic heterocycles. The first-order valence-electron chi connectivity index (χ1n) is 6.01. The predicted molar refractivity (Wildman–Crippen MR) is 83.9 cm³/mol. The molecular formula is C13H12BrN3O3S. The molecular weight excluding hydrogens is 358 g/mol. The molecule has 0 unspecified atom stereocenters. The first-order valence-corrected chi connectivity index (χ1v) is 7.75. The molecule has 2 aromatic rings. The first-order chi connectivity index (χ1) is 10.1. The molecule has 0 aliphatic rings. The van der Waals surface area contributed by atoms with Gasteiger partial charge in [0.2, 0.25) is 0 Å². The Hall–Kier alpha value is -1.93. The third-order valence-electron chi connectivity index (χ3n) is 2.63. The molecule has 0 aliphatic carbocycles. The Morgan fingerprint density at radius 2 is 2.19 bits per heavy atom. The molecule has 21 heavy (non-hydrogen) atoms. The van der Waals surface area contributed by atoms with Gasteiger partial charge >= 0.3 is 12.0 Å². The van der Waals surface area contributed by atoms with E-state index in [9.17, 15) is 9.59 Å². The van der Waals surface area contributed by atoms with Gasteiger partial charge in [0.15, 0.2) is 0 Å². The van der Waals surface area contributed by atoms with Gasteiger partial charge in [-0.25, -0.2) is 14.6 Å². The number of thiazole rings is 1. The number of carbonyl (C=O) groups excluding carboxylic acids is 1. The maximum Gasteiger partial charge on any atom is 0.337 e. The number of hydrogen-bond acceptors (Lipinski definition) is 4. The van der Waals surface area contributed by atoms with Crippen molar-refractivity contribution in [3.05, 3.63) is 44.8 Å². The van der Waals surface area contributed by atoms with E-state index in [0.29, 0.717) is 17.4 Å². The van der Waals surface area contributed by atoms with Gasteiger partial charge in [-0.15, -0.1) is 11.3 Å². The Kier molecular flexibility index (Phi) is 5.29. The van der Waals surface area contributed by atoms with Crippen LogP contribution in [0.25, 0.3) is 0 Å². The number of halogens is 1. The molecule has 0 fully saturated rings. The Balaban J connectivity index is 1.95. The molecule has 0 atom stereocenters. The highest BCUT2D eigenvalue weighted by Crippen LogP contribution is 2.26. The summed E-state index contributed by atoms with van der Waals surface area (Å²) in [5.74, 6) is -1.10. The number of aromatic nitrogens is 1. The van der Waals surface area contributed by atoms with Crippen LogP contribution in [0.4, 0.5) is 10.5 Å². The van der Waals surface area contributed by atoms with Crippen LogP contribution in [0.3, 0.4) is 0 Å². The molecule has 0 radical (unpaired) electrons. The summed E-state index contributed by atoms with van der Waals surface area (Å²) in [7, 11) is 0. The molecule has 3 N–H and O–H groups in total. The average molecular weight is 370 g/mol. The minimum Gasteiger partial charge on any atom is -0.478 e. The quantitative estimate of drug-likeness (QED) is 0.755. The second-order valence-electron chi connectivity index (χ2n) is 4.08. The maximum atomic E-state index is 11.8. The van der Waals surface area contributed by atoms with Crippen molar-refractivity contribution < 1.29 is 14.7 Å². The predicted octanol–water partition coefficient (Wildman–Crippen LogP) is 2.97. The lowest BCUT2D eigenvalue weighted by atomic mass is 10.2. The Morgan fingerprint density at radius 1 is 1.38 bits per heavy atom. The highest BCUT2D eigenvalue weighted by Gasteiger charge is 2.14. The zero-order chi connectivity index (χ0) is 15.2. The second kappa shape index (κ2) is 7.19. The number of para-hydroxylation sites is 1. The van der Waals surface area contributed by atoms with E-state index in [1.165, 1.54) is 17.4 Å². The third kappa shape index (κ3) is 4.27. The van der Waals surface area contributed by atoms with Gasteiger partial charge in [-0.05, 0) is 28.1 Å². The van der Waals surface area contributed by atoms with Gasteiger partial charge in [-0.3, -0.25) is 0 Å². The lowest BCUT2D eigenvalue weighted by Crippen LogP contribution is -2.31. The number of nitrogens with zero attached hydrogens (tertiary/aromatic N) is 1. The highest BCUT2D eigenvalue weighted by atomic mass is 79.9. The van der Waals surface area contributed by atoms with Crippen molar-refractivity contribution in [3.63, 3.8) is 0 Å². The number of urea groups is 1. The number of anilines is 1. The zero-order valence-corrected chi connectivity index (χ0v) is 13.2. The van der Waals surface area contributed by atoms with Gasteiger partial charge < -0.3 is 15.7 Å². The SMILES string of the molecule is O=C(NCCc1cscn1)Nc1c(Br)cccc1C(=O)O. The van der Waals surface area contributed by atoms with E-state index >= 15 is 0 Å². The van der Waals surface area contributed by atoms with E-state index < -0.39 is 12.0 Å². The van der Waals surface area contributed by atoms with Crippen LogP contribution in [0.15, 0.2) is 33.6 Å². The van der Waals surface area contributed by atoms with Crippen LogP contribution in [-0.2, 0) is 6.42 Å². The van der Waals surface area contributed by atoms with Crippen molar-refractivity contribution in [1.29, 1.82) is 0 Å². The average Bonchev–Trinajstić information content (AvgIpc) is 2.94. The number of carboxylic acids is 1. The van der Waals surface area contributed by atoms with Crippen LogP contribution < -0.4 is 10.6 Å². The maximum absolute atomic E-state index is 11.8. The molecule has 6 nitrogen and oxygen atoms in total. The van der Waals surface area contributed by atoms with Crippen molar-refractivity contribution >= 4 is 45.0 Å². The van der Waals surface area contributed by atoms with Gasteiger partial charge in [0.25, 0.3) is 0 Å². The molecule has 8 heteroatoms. The van der Waals surface area contributed by atoms with Crippen molar-refractivity contribution in [3.8, 4) is 0 Å². The fourth-order valence-electron chi connectivity index (χ4n) is 1.65. The van der Waals surface area contributed by atoms with Crippen LogP contribution in [0.5, 0.6) is 0 Å². The standard InChI is InChI=1S/C13H12BrN3O3S/c14-10-3-1-2-9(12(18)19)11(10)17-13(20)15-5-4-8-6-21-7-16-8/h1-3,6-7H,4-5H2,(H,18,19)(H2,15,17,20). The smallest absolute Gasteiger partial charge is 0.337 e. The van der Waals surface area contributed by atoms with E-state index in [2.05, 4.69) is 31.5 Å². The summed E-state index contributed by atoms with van der Waals surface area (Å²) >= 11 is 4.73. The molecule has 0 saturated heterocycles. The summed E-state index contributed by atoms with van der Waals surface area (Å²) < 4.78 is 0.511. The van der Waals surface area contributed by atoms with Gasteiger partial charge in [-0.1, -0.05) is 6.07 Å². The van der Waals surface area contributed by atoms with Crippen LogP contribution in [0, 0.1) is 0 Å². The third-order valence-corrected chi connectivity index (χ3v) is 3.93. The topological polar surface area (TPSA) is 91.3 Å². The molecule has 0 aliphatic heterocycles. The van der Waals surface area contributed by atoms with E-state index in [1.54, 1.807) is 17.6 Å². The molecule has 0 bridgehead atoms. The Bertz CT molecular complexity index is 646. The largest absolute Gasteiger partial charge is 0.478 e. The number of rotatable bonds is 5. The second-order valence-corrected chi connectivity index (χ2v) is 5.65. The summed E-state index contributed by atoms with van der Waals surface area (Å²) in [4.78, 5) is 27.0. The number of hydrogen-bond donors (Lipinski definition) is 3. The summed E-state index contributed by atoms with van der Waals surface area (Å²) in [6.45, 7) is 0.419. The minimum atomic E-state index is -1.10.